The Balaban J connectivity index is 2.51. The van der Waals surface area contributed by atoms with E-state index in [-0.39, 0.29) is 17.4 Å². The monoisotopic (exact) mass is 262 g/mol. The molecule has 1 aromatic carbocycles. The molecule has 1 aromatic heterocycles. The summed E-state index contributed by atoms with van der Waals surface area (Å²) in [6.45, 7) is 4.00. The molecule has 0 fully saturated rings. The molecular weight excluding hydrogens is 247 g/mol. The Morgan fingerprint density at radius 2 is 1.95 bits per heavy atom. The van der Waals surface area contributed by atoms with Crippen LogP contribution in [0.15, 0.2) is 30.3 Å². The Labute approximate surface area is 110 Å². The second-order valence-electron chi connectivity index (χ2n) is 4.49. The van der Waals surface area contributed by atoms with E-state index >= 15 is 0 Å². The average molecular weight is 262 g/mol. The van der Waals surface area contributed by atoms with Crippen LogP contribution in [0.4, 0.5) is 4.39 Å². The van der Waals surface area contributed by atoms with Gasteiger partial charge >= 0.3 is 5.97 Å². The number of aromatic nitrogens is 2. The van der Waals surface area contributed by atoms with E-state index in [0.717, 1.165) is 5.69 Å². The van der Waals surface area contributed by atoms with Gasteiger partial charge in [0.2, 0.25) is 0 Å². The number of rotatable bonds is 3. The maximum atomic E-state index is 12.9. The molecule has 4 nitrogen and oxygen atoms in total. The standard InChI is InChI=1S/C14H15FN2O2/c1-9(2)13-8-12(14(18)19-3)16-17(13)11-6-4-10(15)5-7-11/h4-9H,1-3H3. The van der Waals surface area contributed by atoms with Crippen molar-refractivity contribution >= 4 is 5.97 Å². The molecule has 0 N–H and O–H groups in total. The minimum absolute atomic E-state index is 0.177. The van der Waals surface area contributed by atoms with Crippen molar-refractivity contribution in [1.29, 1.82) is 0 Å². The average Bonchev–Trinajstić information content (AvgIpc) is 2.84. The van der Waals surface area contributed by atoms with Crippen molar-refractivity contribution in [2.24, 2.45) is 0 Å². The highest BCUT2D eigenvalue weighted by molar-refractivity contribution is 5.87. The second-order valence-corrected chi connectivity index (χ2v) is 4.49. The van der Waals surface area contributed by atoms with Gasteiger partial charge in [0.05, 0.1) is 12.8 Å². The topological polar surface area (TPSA) is 44.1 Å². The van der Waals surface area contributed by atoms with E-state index in [2.05, 4.69) is 9.84 Å². The Hall–Kier alpha value is -2.17. The molecule has 0 saturated heterocycles. The molecule has 2 rings (SSSR count). The number of carbonyl (C=O) groups excluding carboxylic acids is 1. The van der Waals surface area contributed by atoms with E-state index in [1.807, 2.05) is 13.8 Å². The highest BCUT2D eigenvalue weighted by atomic mass is 19.1. The SMILES string of the molecule is COC(=O)c1cc(C(C)C)n(-c2ccc(F)cc2)n1. The van der Waals surface area contributed by atoms with Crippen molar-refractivity contribution in [3.8, 4) is 5.69 Å². The predicted molar refractivity (Wildman–Crippen MR) is 69.0 cm³/mol. The Morgan fingerprint density at radius 1 is 1.32 bits per heavy atom. The van der Waals surface area contributed by atoms with Gasteiger partial charge < -0.3 is 4.74 Å². The summed E-state index contributed by atoms with van der Waals surface area (Å²) < 4.78 is 19.2. The highest BCUT2D eigenvalue weighted by Crippen LogP contribution is 2.21. The first-order valence-corrected chi connectivity index (χ1v) is 5.97. The maximum absolute atomic E-state index is 12.9. The Bertz CT molecular complexity index is 588. The summed E-state index contributed by atoms with van der Waals surface area (Å²) in [5.74, 6) is -0.617. The summed E-state index contributed by atoms with van der Waals surface area (Å²) in [6, 6.07) is 7.66. The van der Waals surface area contributed by atoms with Crippen molar-refractivity contribution in [2.75, 3.05) is 7.11 Å². The van der Waals surface area contributed by atoms with E-state index in [1.165, 1.54) is 19.2 Å². The lowest BCUT2D eigenvalue weighted by Crippen LogP contribution is -2.05. The van der Waals surface area contributed by atoms with Crippen molar-refractivity contribution in [2.45, 2.75) is 19.8 Å². The van der Waals surface area contributed by atoms with Gasteiger partial charge in [-0.3, -0.25) is 0 Å². The number of hydrogen-bond donors (Lipinski definition) is 0. The molecule has 0 aliphatic heterocycles. The molecule has 100 valence electrons. The molecule has 5 heteroatoms. The fourth-order valence-corrected chi connectivity index (χ4v) is 1.80. The zero-order valence-corrected chi connectivity index (χ0v) is 11.1. The summed E-state index contributed by atoms with van der Waals surface area (Å²) in [5, 5.41) is 4.22. The van der Waals surface area contributed by atoms with Gasteiger partial charge in [-0.1, -0.05) is 13.8 Å². The van der Waals surface area contributed by atoms with Crippen molar-refractivity contribution in [1.82, 2.24) is 9.78 Å². The summed E-state index contributed by atoms with van der Waals surface area (Å²) in [4.78, 5) is 11.5. The van der Waals surface area contributed by atoms with Crippen LogP contribution in [-0.2, 0) is 4.74 Å². The largest absolute Gasteiger partial charge is 0.464 e. The van der Waals surface area contributed by atoms with Crippen LogP contribution in [0.5, 0.6) is 0 Å². The summed E-state index contributed by atoms with van der Waals surface area (Å²) in [7, 11) is 1.31. The third kappa shape index (κ3) is 2.65. The first kappa shape index (κ1) is 13.3. The molecule has 0 radical (unpaired) electrons. The zero-order valence-electron chi connectivity index (χ0n) is 11.1. The van der Waals surface area contributed by atoms with Gasteiger partial charge in [-0.2, -0.15) is 5.10 Å². The second kappa shape index (κ2) is 5.22. The van der Waals surface area contributed by atoms with Gasteiger partial charge in [0.1, 0.15) is 5.82 Å². The molecule has 0 atom stereocenters. The molecule has 0 saturated carbocycles. The van der Waals surface area contributed by atoms with Gasteiger partial charge in [0, 0.05) is 5.69 Å². The molecule has 0 unspecified atom stereocenters. The summed E-state index contributed by atoms with van der Waals surface area (Å²) in [5.41, 5.74) is 1.82. The maximum Gasteiger partial charge on any atom is 0.358 e. The Kier molecular flexibility index (Phi) is 3.64. The van der Waals surface area contributed by atoms with E-state index < -0.39 is 5.97 Å². The number of nitrogens with zero attached hydrogens (tertiary/aromatic N) is 2. The first-order valence-electron chi connectivity index (χ1n) is 5.97. The number of esters is 1. The lowest BCUT2D eigenvalue weighted by molar-refractivity contribution is 0.0593. The minimum Gasteiger partial charge on any atom is -0.464 e. The third-order valence-corrected chi connectivity index (χ3v) is 2.79. The Morgan fingerprint density at radius 3 is 2.47 bits per heavy atom. The smallest absolute Gasteiger partial charge is 0.358 e. The number of halogens is 1. The predicted octanol–water partition coefficient (Wildman–Crippen LogP) is 2.92. The molecule has 0 aliphatic rings. The van der Waals surface area contributed by atoms with Crippen LogP contribution in [-0.4, -0.2) is 22.9 Å². The van der Waals surface area contributed by atoms with Gasteiger partial charge in [-0.25, -0.2) is 13.9 Å². The van der Waals surface area contributed by atoms with Crippen molar-refractivity contribution < 1.29 is 13.9 Å². The molecule has 0 amide bonds. The summed E-state index contributed by atoms with van der Waals surface area (Å²) in [6.07, 6.45) is 0. The number of carbonyl (C=O) groups is 1. The van der Waals surface area contributed by atoms with Crippen molar-refractivity contribution in [3.63, 3.8) is 0 Å². The minimum atomic E-state index is -0.484. The van der Waals surface area contributed by atoms with Crippen LogP contribution in [0.3, 0.4) is 0 Å². The fraction of sp³-hybridized carbons (Fsp3) is 0.286. The molecule has 0 aliphatic carbocycles. The van der Waals surface area contributed by atoms with Crippen LogP contribution in [0.1, 0.15) is 35.9 Å². The number of hydrogen-bond acceptors (Lipinski definition) is 3. The van der Waals surface area contributed by atoms with E-state index in [9.17, 15) is 9.18 Å². The molecule has 2 aromatic rings. The van der Waals surface area contributed by atoms with E-state index in [1.54, 1.807) is 22.9 Å². The van der Waals surface area contributed by atoms with E-state index in [4.69, 9.17) is 0 Å². The van der Waals surface area contributed by atoms with Crippen LogP contribution in [0, 0.1) is 5.82 Å². The quantitative estimate of drug-likeness (QED) is 0.799. The van der Waals surface area contributed by atoms with Crippen LogP contribution >= 0.6 is 0 Å². The van der Waals surface area contributed by atoms with Gasteiger partial charge in [0.25, 0.3) is 0 Å². The molecular formula is C14H15FN2O2. The highest BCUT2D eigenvalue weighted by Gasteiger charge is 2.17. The lowest BCUT2D eigenvalue weighted by atomic mass is 10.1. The van der Waals surface area contributed by atoms with Crippen LogP contribution < -0.4 is 0 Å². The van der Waals surface area contributed by atoms with Gasteiger partial charge in [-0.05, 0) is 36.2 Å². The van der Waals surface area contributed by atoms with E-state index in [0.29, 0.717) is 5.69 Å². The number of methoxy groups -OCH3 is 1. The first-order chi connectivity index (χ1) is 9.02. The fourth-order valence-electron chi connectivity index (χ4n) is 1.80. The number of benzene rings is 1. The molecule has 19 heavy (non-hydrogen) atoms. The van der Waals surface area contributed by atoms with Gasteiger partial charge in [0.15, 0.2) is 5.69 Å². The van der Waals surface area contributed by atoms with Crippen LogP contribution in [0.2, 0.25) is 0 Å². The molecule has 1 heterocycles. The van der Waals surface area contributed by atoms with Crippen LogP contribution in [0.25, 0.3) is 5.69 Å². The van der Waals surface area contributed by atoms with Gasteiger partial charge in [-0.15, -0.1) is 0 Å². The lowest BCUT2D eigenvalue weighted by Gasteiger charge is -2.09. The summed E-state index contributed by atoms with van der Waals surface area (Å²) >= 11 is 0. The molecule has 0 spiro atoms. The normalized spacial score (nSPS) is 10.8. The number of ether oxygens (including phenoxy) is 1. The molecule has 0 bridgehead atoms. The third-order valence-electron chi connectivity index (χ3n) is 2.79. The zero-order chi connectivity index (χ0) is 14.0. The van der Waals surface area contributed by atoms with Crippen molar-refractivity contribution in [3.05, 3.63) is 47.5 Å².